The summed E-state index contributed by atoms with van der Waals surface area (Å²) in [5.74, 6) is 0.252. The molecule has 76 valence electrons. The molecule has 1 aliphatic heterocycles. The topological polar surface area (TPSA) is 23.6 Å². The lowest BCUT2D eigenvalue weighted by atomic mass is 10.1. The first kappa shape index (κ1) is 10.5. The minimum atomic E-state index is -0.0781. The molecule has 0 bridgehead atoms. The van der Waals surface area contributed by atoms with Gasteiger partial charge in [-0.1, -0.05) is 6.92 Å². The summed E-state index contributed by atoms with van der Waals surface area (Å²) in [5.41, 5.74) is -0.0781. The van der Waals surface area contributed by atoms with Crippen LogP contribution in [0.2, 0.25) is 0 Å². The molecule has 1 unspecified atom stereocenters. The molecule has 1 atom stereocenters. The van der Waals surface area contributed by atoms with Crippen LogP contribution in [0, 0.1) is 0 Å². The largest absolute Gasteiger partial charge is 0.321 e. The van der Waals surface area contributed by atoms with E-state index in [4.69, 9.17) is 0 Å². The Bertz CT molecular complexity index is 215. The van der Waals surface area contributed by atoms with Gasteiger partial charge in [-0.2, -0.15) is 0 Å². The summed E-state index contributed by atoms with van der Waals surface area (Å²) in [6.07, 6.45) is 0.980. The van der Waals surface area contributed by atoms with Gasteiger partial charge in [-0.3, -0.25) is 9.69 Å². The van der Waals surface area contributed by atoms with Gasteiger partial charge in [0.1, 0.15) is 0 Å². The van der Waals surface area contributed by atoms with Gasteiger partial charge >= 0.3 is 0 Å². The molecule has 0 aromatic heterocycles. The van der Waals surface area contributed by atoms with Crippen LogP contribution in [0.25, 0.3) is 0 Å². The van der Waals surface area contributed by atoms with Crippen molar-refractivity contribution in [2.24, 2.45) is 0 Å². The summed E-state index contributed by atoms with van der Waals surface area (Å²) in [6, 6.07) is 0.294. The van der Waals surface area contributed by atoms with E-state index in [1.807, 2.05) is 11.9 Å². The fourth-order valence-corrected chi connectivity index (χ4v) is 2.19. The third-order valence-electron chi connectivity index (χ3n) is 3.17. The zero-order valence-corrected chi connectivity index (χ0v) is 9.29. The van der Waals surface area contributed by atoms with Gasteiger partial charge in [0.2, 0.25) is 5.91 Å². The van der Waals surface area contributed by atoms with Gasteiger partial charge in [-0.15, -0.1) is 0 Å². The average Bonchev–Trinajstić information content (AvgIpc) is 2.24. The average molecular weight is 184 g/mol. The lowest BCUT2D eigenvalue weighted by Crippen LogP contribution is -2.52. The Morgan fingerprint density at radius 1 is 1.54 bits per heavy atom. The Labute approximate surface area is 80.7 Å². The van der Waals surface area contributed by atoms with Gasteiger partial charge in [0.25, 0.3) is 0 Å². The predicted octanol–water partition coefficient (Wildman–Crippen LogP) is 1.29. The molecular formula is C10H20N2O. The molecule has 1 amide bonds. The minimum absolute atomic E-state index is 0.0781. The summed E-state index contributed by atoms with van der Waals surface area (Å²) in [5, 5.41) is 0. The van der Waals surface area contributed by atoms with E-state index >= 15 is 0 Å². The van der Waals surface area contributed by atoms with Crippen LogP contribution in [0.15, 0.2) is 0 Å². The number of carbonyl (C=O) groups excluding carboxylic acids is 1. The van der Waals surface area contributed by atoms with E-state index in [9.17, 15) is 4.79 Å². The van der Waals surface area contributed by atoms with Crippen LogP contribution in [0.3, 0.4) is 0 Å². The molecule has 1 heterocycles. The van der Waals surface area contributed by atoms with Crippen molar-refractivity contribution in [3.05, 3.63) is 0 Å². The maximum atomic E-state index is 11.7. The van der Waals surface area contributed by atoms with E-state index < -0.39 is 0 Å². The highest BCUT2D eigenvalue weighted by Gasteiger charge is 2.45. The molecule has 0 radical (unpaired) electrons. The van der Waals surface area contributed by atoms with Gasteiger partial charge in [-0.25, -0.2) is 0 Å². The smallest absolute Gasteiger partial charge is 0.238 e. The van der Waals surface area contributed by atoms with Crippen LogP contribution >= 0.6 is 0 Å². The van der Waals surface area contributed by atoms with E-state index in [2.05, 4.69) is 32.6 Å². The predicted molar refractivity (Wildman–Crippen MR) is 53.3 cm³/mol. The Kier molecular flexibility index (Phi) is 2.66. The second kappa shape index (κ2) is 3.29. The number of hydrogen-bond donors (Lipinski definition) is 0. The van der Waals surface area contributed by atoms with E-state index in [1.165, 1.54) is 0 Å². The monoisotopic (exact) mass is 184 g/mol. The van der Waals surface area contributed by atoms with Crippen molar-refractivity contribution in [1.29, 1.82) is 0 Å². The summed E-state index contributed by atoms with van der Waals surface area (Å²) in [7, 11) is 2.02. The number of likely N-dealkylation sites (N-methyl/N-ethyl adjacent to an activating group) is 1. The number of rotatable bonds is 2. The van der Waals surface area contributed by atoms with Crippen molar-refractivity contribution < 1.29 is 4.79 Å². The van der Waals surface area contributed by atoms with Crippen molar-refractivity contribution in [3.8, 4) is 0 Å². The second-order valence-corrected chi connectivity index (χ2v) is 4.28. The van der Waals surface area contributed by atoms with Crippen LogP contribution in [-0.4, -0.2) is 41.0 Å². The molecule has 0 N–H and O–H groups in total. The molecule has 0 aromatic carbocycles. The maximum absolute atomic E-state index is 11.7. The first-order valence-corrected chi connectivity index (χ1v) is 4.97. The van der Waals surface area contributed by atoms with Crippen molar-refractivity contribution in [1.82, 2.24) is 9.80 Å². The summed E-state index contributed by atoms with van der Waals surface area (Å²) < 4.78 is 0. The molecule has 1 aliphatic rings. The summed E-state index contributed by atoms with van der Waals surface area (Å²) >= 11 is 0. The zero-order valence-electron chi connectivity index (χ0n) is 9.29. The molecule has 3 nitrogen and oxygen atoms in total. The van der Waals surface area contributed by atoms with Crippen LogP contribution in [0.4, 0.5) is 0 Å². The van der Waals surface area contributed by atoms with Gasteiger partial charge in [0.05, 0.1) is 12.2 Å². The minimum Gasteiger partial charge on any atom is -0.321 e. The fourth-order valence-electron chi connectivity index (χ4n) is 2.19. The molecule has 1 rings (SSSR count). The summed E-state index contributed by atoms with van der Waals surface area (Å²) in [4.78, 5) is 15.8. The van der Waals surface area contributed by atoms with E-state index in [0.717, 1.165) is 6.42 Å². The lowest BCUT2D eigenvalue weighted by molar-refractivity contribution is -0.132. The quantitative estimate of drug-likeness (QED) is 0.645. The highest BCUT2D eigenvalue weighted by molar-refractivity contribution is 5.81. The van der Waals surface area contributed by atoms with E-state index in [0.29, 0.717) is 12.6 Å². The van der Waals surface area contributed by atoms with Gasteiger partial charge in [-0.05, 0) is 34.2 Å². The molecule has 0 aliphatic carbocycles. The van der Waals surface area contributed by atoms with Crippen LogP contribution < -0.4 is 0 Å². The first-order valence-electron chi connectivity index (χ1n) is 4.97. The zero-order chi connectivity index (χ0) is 10.2. The number of nitrogens with zero attached hydrogens (tertiary/aromatic N) is 2. The highest BCUT2D eigenvalue weighted by atomic mass is 16.2. The molecule has 3 heteroatoms. The Morgan fingerprint density at radius 3 is 2.38 bits per heavy atom. The van der Waals surface area contributed by atoms with Crippen molar-refractivity contribution in [2.75, 3.05) is 13.6 Å². The number of hydrogen-bond acceptors (Lipinski definition) is 2. The third kappa shape index (κ3) is 1.46. The number of carbonyl (C=O) groups is 1. The summed E-state index contributed by atoms with van der Waals surface area (Å²) in [6.45, 7) is 8.97. The SMILES string of the molecule is CCC1(C)N(C)CC(=O)N1C(C)C. The molecule has 13 heavy (non-hydrogen) atoms. The van der Waals surface area contributed by atoms with Crippen LogP contribution in [0.1, 0.15) is 34.1 Å². The highest BCUT2D eigenvalue weighted by Crippen LogP contribution is 2.30. The normalized spacial score (nSPS) is 30.6. The Hall–Kier alpha value is -0.570. The van der Waals surface area contributed by atoms with Crippen molar-refractivity contribution in [2.45, 2.75) is 45.8 Å². The van der Waals surface area contributed by atoms with Crippen LogP contribution in [-0.2, 0) is 4.79 Å². The molecular weight excluding hydrogens is 164 g/mol. The lowest BCUT2D eigenvalue weighted by Gasteiger charge is -2.41. The molecule has 1 saturated heterocycles. The Morgan fingerprint density at radius 2 is 2.08 bits per heavy atom. The van der Waals surface area contributed by atoms with Gasteiger partial charge in [0.15, 0.2) is 0 Å². The van der Waals surface area contributed by atoms with Gasteiger partial charge in [0, 0.05) is 6.04 Å². The molecule has 0 aromatic rings. The molecule has 1 fully saturated rings. The Balaban J connectivity index is 2.96. The molecule has 0 saturated carbocycles. The van der Waals surface area contributed by atoms with Gasteiger partial charge < -0.3 is 4.90 Å². The first-order chi connectivity index (χ1) is 5.93. The second-order valence-electron chi connectivity index (χ2n) is 4.28. The van der Waals surface area contributed by atoms with Crippen LogP contribution in [0.5, 0.6) is 0 Å². The van der Waals surface area contributed by atoms with Crippen molar-refractivity contribution in [3.63, 3.8) is 0 Å². The standard InChI is InChI=1S/C10H20N2O/c1-6-10(4)11(5)7-9(13)12(10)8(2)3/h8H,6-7H2,1-5H3. The maximum Gasteiger partial charge on any atom is 0.238 e. The fraction of sp³-hybridized carbons (Fsp3) is 0.900. The third-order valence-corrected chi connectivity index (χ3v) is 3.17. The molecule has 0 spiro atoms. The van der Waals surface area contributed by atoms with Crippen molar-refractivity contribution >= 4 is 5.91 Å². The van der Waals surface area contributed by atoms with E-state index in [-0.39, 0.29) is 11.6 Å². The van der Waals surface area contributed by atoms with E-state index in [1.54, 1.807) is 0 Å². The number of amides is 1.